The van der Waals surface area contributed by atoms with Gasteiger partial charge >= 0.3 is 11.9 Å². The van der Waals surface area contributed by atoms with Gasteiger partial charge in [-0.05, 0) is 31.4 Å². The largest absolute Gasteiger partial charge is 0.465 e. The molecular weight excluding hydrogens is 494 g/mol. The van der Waals surface area contributed by atoms with E-state index in [1.54, 1.807) is 44.2 Å². The molecule has 2 rings (SSSR count). The maximum Gasteiger partial charge on any atom is 0.333 e. The fourth-order valence-corrected chi connectivity index (χ4v) is 4.38. The van der Waals surface area contributed by atoms with Crippen molar-refractivity contribution >= 4 is 35.5 Å². The Labute approximate surface area is 221 Å². The molecule has 0 saturated heterocycles. The summed E-state index contributed by atoms with van der Waals surface area (Å²) in [6, 6.07) is 15.6. The Balaban J connectivity index is 2.10. The first-order chi connectivity index (χ1) is 17.8. The highest BCUT2D eigenvalue weighted by molar-refractivity contribution is 7.98. The van der Waals surface area contributed by atoms with E-state index in [2.05, 4.69) is 10.6 Å². The van der Waals surface area contributed by atoms with Crippen molar-refractivity contribution in [1.82, 2.24) is 10.6 Å². The SMILES string of the molecule is CCOC(=O)C(N)CCC(=O)N[C@@H](CSCc1ccccc1)C(=O)N[C@@H](C(=O)OCC)c1ccccc1. The minimum atomic E-state index is -1.02. The van der Waals surface area contributed by atoms with Crippen LogP contribution in [0.4, 0.5) is 0 Å². The van der Waals surface area contributed by atoms with Crippen molar-refractivity contribution in [2.24, 2.45) is 5.73 Å². The number of thioether (sulfide) groups is 1. The highest BCUT2D eigenvalue weighted by Crippen LogP contribution is 2.17. The third-order valence-corrected chi connectivity index (χ3v) is 6.37. The molecule has 0 aliphatic carbocycles. The summed E-state index contributed by atoms with van der Waals surface area (Å²) in [5.74, 6) is -1.24. The molecule has 10 heteroatoms. The molecule has 2 aromatic rings. The molecular formula is C27H35N3O6S. The highest BCUT2D eigenvalue weighted by atomic mass is 32.2. The predicted molar refractivity (Wildman–Crippen MR) is 142 cm³/mol. The van der Waals surface area contributed by atoms with Gasteiger partial charge in [-0.2, -0.15) is 11.8 Å². The van der Waals surface area contributed by atoms with Crippen molar-refractivity contribution in [2.45, 2.75) is 50.6 Å². The van der Waals surface area contributed by atoms with Gasteiger partial charge in [0.25, 0.3) is 0 Å². The van der Waals surface area contributed by atoms with E-state index in [-0.39, 0.29) is 31.8 Å². The lowest BCUT2D eigenvalue weighted by Gasteiger charge is -2.23. The number of hydrogen-bond donors (Lipinski definition) is 3. The molecule has 2 amide bonds. The second-order valence-corrected chi connectivity index (χ2v) is 9.15. The maximum atomic E-state index is 13.3. The van der Waals surface area contributed by atoms with Crippen molar-refractivity contribution in [2.75, 3.05) is 19.0 Å². The third kappa shape index (κ3) is 10.6. The molecule has 0 aliphatic heterocycles. The fraction of sp³-hybridized carbons (Fsp3) is 0.407. The first-order valence-corrected chi connectivity index (χ1v) is 13.4. The molecule has 0 bridgehead atoms. The average Bonchev–Trinajstić information content (AvgIpc) is 2.91. The summed E-state index contributed by atoms with van der Waals surface area (Å²) in [7, 11) is 0. The summed E-state index contributed by atoms with van der Waals surface area (Å²) in [6.45, 7) is 3.72. The number of nitrogens with one attached hydrogen (secondary N) is 2. The van der Waals surface area contributed by atoms with Crippen molar-refractivity contribution in [1.29, 1.82) is 0 Å². The van der Waals surface area contributed by atoms with Crippen LogP contribution in [0.3, 0.4) is 0 Å². The van der Waals surface area contributed by atoms with Crippen LogP contribution in [-0.2, 0) is 34.4 Å². The van der Waals surface area contributed by atoms with Crippen LogP contribution in [-0.4, -0.2) is 54.8 Å². The van der Waals surface area contributed by atoms with E-state index in [1.807, 2.05) is 30.3 Å². The molecule has 0 spiro atoms. The van der Waals surface area contributed by atoms with Crippen LogP contribution in [0.1, 0.15) is 43.9 Å². The highest BCUT2D eigenvalue weighted by Gasteiger charge is 2.29. The second kappa shape index (κ2) is 16.4. The van der Waals surface area contributed by atoms with E-state index in [9.17, 15) is 19.2 Å². The normalized spacial score (nSPS) is 13.1. The first-order valence-electron chi connectivity index (χ1n) is 12.2. The zero-order valence-electron chi connectivity index (χ0n) is 21.2. The minimum Gasteiger partial charge on any atom is -0.465 e. The summed E-state index contributed by atoms with van der Waals surface area (Å²) < 4.78 is 10.0. The van der Waals surface area contributed by atoms with Crippen molar-refractivity contribution in [3.8, 4) is 0 Å². The molecule has 200 valence electrons. The Bertz CT molecular complexity index is 1010. The number of amides is 2. The summed E-state index contributed by atoms with van der Waals surface area (Å²) in [4.78, 5) is 50.3. The number of hydrogen-bond acceptors (Lipinski definition) is 8. The van der Waals surface area contributed by atoms with Gasteiger partial charge < -0.3 is 25.8 Å². The minimum absolute atomic E-state index is 0.0624. The molecule has 0 heterocycles. The van der Waals surface area contributed by atoms with Crippen LogP contribution < -0.4 is 16.4 Å². The van der Waals surface area contributed by atoms with Crippen molar-refractivity contribution in [3.63, 3.8) is 0 Å². The summed E-state index contributed by atoms with van der Waals surface area (Å²) in [6.07, 6.45) is 0.0126. The summed E-state index contributed by atoms with van der Waals surface area (Å²) >= 11 is 1.47. The maximum absolute atomic E-state index is 13.3. The zero-order chi connectivity index (χ0) is 27.0. The van der Waals surface area contributed by atoms with Gasteiger partial charge in [-0.1, -0.05) is 60.7 Å². The van der Waals surface area contributed by atoms with Gasteiger partial charge in [-0.25, -0.2) is 4.79 Å². The topological polar surface area (TPSA) is 137 Å². The lowest BCUT2D eigenvalue weighted by molar-refractivity contribution is -0.147. The van der Waals surface area contributed by atoms with Gasteiger partial charge in [0.2, 0.25) is 11.8 Å². The van der Waals surface area contributed by atoms with Crippen LogP contribution in [0.25, 0.3) is 0 Å². The molecule has 9 nitrogen and oxygen atoms in total. The molecule has 0 aromatic heterocycles. The number of esters is 2. The van der Waals surface area contributed by atoms with Gasteiger partial charge in [-0.3, -0.25) is 14.4 Å². The molecule has 4 N–H and O–H groups in total. The van der Waals surface area contributed by atoms with Crippen LogP contribution in [0.15, 0.2) is 60.7 Å². The molecule has 0 saturated carbocycles. The Morgan fingerprint density at radius 3 is 2.08 bits per heavy atom. The molecule has 0 radical (unpaired) electrons. The number of rotatable bonds is 15. The fourth-order valence-electron chi connectivity index (χ4n) is 3.36. The van der Waals surface area contributed by atoms with Gasteiger partial charge in [0.05, 0.1) is 13.2 Å². The lowest BCUT2D eigenvalue weighted by atomic mass is 10.1. The predicted octanol–water partition coefficient (Wildman–Crippen LogP) is 2.50. The number of carbonyl (C=O) groups excluding carboxylic acids is 4. The number of benzene rings is 2. The van der Waals surface area contributed by atoms with E-state index >= 15 is 0 Å². The average molecular weight is 530 g/mol. The monoisotopic (exact) mass is 529 g/mol. The lowest BCUT2D eigenvalue weighted by Crippen LogP contribution is -2.50. The van der Waals surface area contributed by atoms with E-state index in [1.165, 1.54) is 11.8 Å². The first kappa shape index (κ1) is 29.9. The van der Waals surface area contributed by atoms with Gasteiger partial charge in [-0.15, -0.1) is 0 Å². The van der Waals surface area contributed by atoms with Gasteiger partial charge in [0.1, 0.15) is 12.1 Å². The van der Waals surface area contributed by atoms with Gasteiger partial charge in [0, 0.05) is 17.9 Å². The molecule has 1 unspecified atom stereocenters. The number of ether oxygens (including phenoxy) is 2. The van der Waals surface area contributed by atoms with Crippen LogP contribution >= 0.6 is 11.8 Å². The molecule has 0 fully saturated rings. The molecule has 37 heavy (non-hydrogen) atoms. The van der Waals surface area contributed by atoms with Crippen LogP contribution in [0.5, 0.6) is 0 Å². The number of carbonyl (C=O) groups is 4. The quantitative estimate of drug-likeness (QED) is 0.299. The van der Waals surface area contributed by atoms with E-state index in [0.29, 0.717) is 11.3 Å². The summed E-state index contributed by atoms with van der Waals surface area (Å²) in [5, 5.41) is 5.46. The van der Waals surface area contributed by atoms with Crippen molar-refractivity contribution < 1.29 is 28.7 Å². The zero-order valence-corrected chi connectivity index (χ0v) is 22.0. The standard InChI is InChI=1S/C27H35N3O6S/c1-3-35-26(33)21(28)15-16-23(31)29-22(18-37-17-19-11-7-5-8-12-19)25(32)30-24(27(34)36-4-2)20-13-9-6-10-14-20/h5-14,21-22,24H,3-4,15-18,28H2,1-2H3,(H,29,31)(H,30,32)/t21?,22-,24+/m0/s1. The van der Waals surface area contributed by atoms with Crippen molar-refractivity contribution in [3.05, 3.63) is 71.8 Å². The Kier molecular flexibility index (Phi) is 13.2. The second-order valence-electron chi connectivity index (χ2n) is 8.12. The summed E-state index contributed by atoms with van der Waals surface area (Å²) in [5.41, 5.74) is 7.43. The third-order valence-electron chi connectivity index (χ3n) is 5.26. The molecule has 0 aliphatic rings. The van der Waals surface area contributed by atoms with Crippen LogP contribution in [0.2, 0.25) is 0 Å². The number of nitrogens with two attached hydrogens (primary N) is 1. The Morgan fingerprint density at radius 2 is 1.46 bits per heavy atom. The molecule has 2 aromatic carbocycles. The smallest absolute Gasteiger partial charge is 0.333 e. The Morgan fingerprint density at radius 1 is 0.865 bits per heavy atom. The Hall–Kier alpha value is -3.37. The van der Waals surface area contributed by atoms with E-state index in [0.717, 1.165) is 5.56 Å². The van der Waals surface area contributed by atoms with Crippen LogP contribution in [0, 0.1) is 0 Å². The molecule has 3 atom stereocenters. The van der Waals surface area contributed by atoms with E-state index < -0.39 is 41.9 Å². The van der Waals surface area contributed by atoms with E-state index in [4.69, 9.17) is 15.2 Å². The van der Waals surface area contributed by atoms with Gasteiger partial charge in [0.15, 0.2) is 6.04 Å².